The zero-order valence-corrected chi connectivity index (χ0v) is 11.9. The topological polar surface area (TPSA) is 12.0 Å². The highest BCUT2D eigenvalue weighted by molar-refractivity contribution is 7.99. The fourth-order valence-electron chi connectivity index (χ4n) is 1.73. The normalized spacial score (nSPS) is 13.1. The molecule has 0 fully saturated rings. The molecule has 0 radical (unpaired) electrons. The van der Waals surface area contributed by atoms with Crippen molar-refractivity contribution in [2.75, 3.05) is 12.3 Å². The van der Waals surface area contributed by atoms with Crippen LogP contribution in [0.3, 0.4) is 0 Å². The van der Waals surface area contributed by atoms with Gasteiger partial charge in [-0.15, -0.1) is 11.8 Å². The Morgan fingerprint density at radius 1 is 1.29 bits per heavy atom. The molecule has 1 atom stereocenters. The first-order chi connectivity index (χ1) is 8.06. The molecule has 1 N–H and O–H groups in total. The fraction of sp³-hybridized carbons (Fsp3) is 0.571. The van der Waals surface area contributed by atoms with E-state index >= 15 is 0 Å². The summed E-state index contributed by atoms with van der Waals surface area (Å²) < 4.78 is 13.9. The SMILES string of the molecule is CCNC(C)c1c(F)cccc1SCC(C)C. The van der Waals surface area contributed by atoms with Crippen LogP contribution in [0.25, 0.3) is 0 Å². The molecule has 0 saturated heterocycles. The number of rotatable bonds is 6. The predicted molar refractivity (Wildman–Crippen MR) is 74.1 cm³/mol. The summed E-state index contributed by atoms with van der Waals surface area (Å²) >= 11 is 1.74. The van der Waals surface area contributed by atoms with E-state index in [1.165, 1.54) is 0 Å². The quantitative estimate of drug-likeness (QED) is 0.763. The molecule has 96 valence electrons. The maximum Gasteiger partial charge on any atom is 0.129 e. The number of halogens is 1. The van der Waals surface area contributed by atoms with E-state index in [1.54, 1.807) is 23.9 Å². The maximum atomic E-state index is 13.9. The smallest absolute Gasteiger partial charge is 0.129 e. The van der Waals surface area contributed by atoms with E-state index in [9.17, 15) is 4.39 Å². The molecule has 1 rings (SSSR count). The first-order valence-electron chi connectivity index (χ1n) is 6.20. The molecule has 17 heavy (non-hydrogen) atoms. The first-order valence-corrected chi connectivity index (χ1v) is 7.19. The van der Waals surface area contributed by atoms with Crippen LogP contribution in [-0.4, -0.2) is 12.3 Å². The monoisotopic (exact) mass is 255 g/mol. The van der Waals surface area contributed by atoms with Crippen molar-refractivity contribution in [1.29, 1.82) is 0 Å². The lowest BCUT2D eigenvalue weighted by Gasteiger charge is -2.18. The second-order valence-electron chi connectivity index (χ2n) is 4.64. The molecular weight excluding hydrogens is 233 g/mol. The van der Waals surface area contributed by atoms with Gasteiger partial charge in [0, 0.05) is 22.3 Å². The summed E-state index contributed by atoms with van der Waals surface area (Å²) in [5, 5.41) is 3.28. The Morgan fingerprint density at radius 2 is 2.00 bits per heavy atom. The molecule has 0 aliphatic carbocycles. The van der Waals surface area contributed by atoms with Crippen molar-refractivity contribution in [1.82, 2.24) is 5.32 Å². The van der Waals surface area contributed by atoms with Gasteiger partial charge in [-0.25, -0.2) is 4.39 Å². The third kappa shape index (κ3) is 4.32. The van der Waals surface area contributed by atoms with Gasteiger partial charge in [-0.2, -0.15) is 0 Å². The van der Waals surface area contributed by atoms with E-state index in [1.807, 2.05) is 19.9 Å². The largest absolute Gasteiger partial charge is 0.310 e. The van der Waals surface area contributed by atoms with Crippen molar-refractivity contribution >= 4 is 11.8 Å². The van der Waals surface area contributed by atoms with Crippen molar-refractivity contribution in [2.24, 2.45) is 5.92 Å². The predicted octanol–water partition coefficient (Wildman–Crippen LogP) is 4.24. The van der Waals surface area contributed by atoms with Gasteiger partial charge in [0.15, 0.2) is 0 Å². The van der Waals surface area contributed by atoms with E-state index in [0.29, 0.717) is 5.92 Å². The average Bonchev–Trinajstić information content (AvgIpc) is 2.26. The molecule has 0 aromatic heterocycles. The van der Waals surface area contributed by atoms with Crippen LogP contribution in [0.1, 0.15) is 39.3 Å². The van der Waals surface area contributed by atoms with Crippen molar-refractivity contribution in [3.8, 4) is 0 Å². The summed E-state index contributed by atoms with van der Waals surface area (Å²) in [4.78, 5) is 1.06. The van der Waals surface area contributed by atoms with Crippen LogP contribution in [0.15, 0.2) is 23.1 Å². The van der Waals surface area contributed by atoms with Crippen LogP contribution in [0.2, 0.25) is 0 Å². The zero-order valence-electron chi connectivity index (χ0n) is 11.1. The number of benzene rings is 1. The highest BCUT2D eigenvalue weighted by atomic mass is 32.2. The van der Waals surface area contributed by atoms with Gasteiger partial charge in [-0.05, 0) is 31.5 Å². The lowest BCUT2D eigenvalue weighted by molar-refractivity contribution is 0.531. The molecule has 1 aromatic carbocycles. The highest BCUT2D eigenvalue weighted by Crippen LogP contribution is 2.30. The minimum Gasteiger partial charge on any atom is -0.310 e. The van der Waals surface area contributed by atoms with Crippen molar-refractivity contribution < 1.29 is 4.39 Å². The Balaban J connectivity index is 2.91. The molecular formula is C14H22FNS. The minimum atomic E-state index is -0.104. The average molecular weight is 255 g/mol. The van der Waals surface area contributed by atoms with Gasteiger partial charge in [-0.3, -0.25) is 0 Å². The maximum absolute atomic E-state index is 13.9. The third-order valence-corrected chi connectivity index (χ3v) is 4.03. The van der Waals surface area contributed by atoms with Gasteiger partial charge in [0.1, 0.15) is 5.82 Å². The molecule has 0 saturated carbocycles. The lowest BCUT2D eigenvalue weighted by Crippen LogP contribution is -2.19. The van der Waals surface area contributed by atoms with E-state index < -0.39 is 0 Å². The first kappa shape index (κ1) is 14.5. The zero-order chi connectivity index (χ0) is 12.8. The summed E-state index contributed by atoms with van der Waals surface area (Å²) in [6, 6.07) is 5.41. The minimum absolute atomic E-state index is 0.0656. The van der Waals surface area contributed by atoms with Crippen molar-refractivity contribution in [3.05, 3.63) is 29.6 Å². The molecule has 1 nitrogen and oxygen atoms in total. The molecule has 0 aliphatic heterocycles. The number of nitrogens with one attached hydrogen (secondary N) is 1. The summed E-state index contributed by atoms with van der Waals surface area (Å²) in [5.74, 6) is 1.53. The molecule has 0 amide bonds. The molecule has 0 spiro atoms. The Bertz CT molecular complexity index is 352. The fourth-order valence-corrected chi connectivity index (χ4v) is 2.85. The second-order valence-corrected chi connectivity index (χ2v) is 5.70. The number of thioether (sulfide) groups is 1. The summed E-state index contributed by atoms with van der Waals surface area (Å²) in [6.07, 6.45) is 0. The summed E-state index contributed by atoms with van der Waals surface area (Å²) in [6.45, 7) is 9.27. The van der Waals surface area contributed by atoms with Crippen LogP contribution in [-0.2, 0) is 0 Å². The van der Waals surface area contributed by atoms with Gasteiger partial charge in [0.25, 0.3) is 0 Å². The third-order valence-electron chi connectivity index (χ3n) is 2.53. The van der Waals surface area contributed by atoms with Gasteiger partial charge in [-0.1, -0.05) is 26.8 Å². The van der Waals surface area contributed by atoms with Gasteiger partial charge >= 0.3 is 0 Å². The molecule has 1 unspecified atom stereocenters. The van der Waals surface area contributed by atoms with Crippen molar-refractivity contribution in [2.45, 2.75) is 38.6 Å². The van der Waals surface area contributed by atoms with Crippen LogP contribution >= 0.6 is 11.8 Å². The Morgan fingerprint density at radius 3 is 2.59 bits per heavy atom. The van der Waals surface area contributed by atoms with Gasteiger partial charge < -0.3 is 5.32 Å². The van der Waals surface area contributed by atoms with E-state index in [4.69, 9.17) is 0 Å². The van der Waals surface area contributed by atoms with Crippen LogP contribution < -0.4 is 5.32 Å². The Kier molecular flexibility index (Phi) is 6.00. The van der Waals surface area contributed by atoms with E-state index in [-0.39, 0.29) is 11.9 Å². The highest BCUT2D eigenvalue weighted by Gasteiger charge is 2.15. The second kappa shape index (κ2) is 7.02. The van der Waals surface area contributed by atoms with E-state index in [0.717, 1.165) is 22.8 Å². The van der Waals surface area contributed by atoms with Crippen molar-refractivity contribution in [3.63, 3.8) is 0 Å². The molecule has 0 aliphatic rings. The molecule has 0 heterocycles. The van der Waals surface area contributed by atoms with Gasteiger partial charge in [0.2, 0.25) is 0 Å². The molecule has 3 heteroatoms. The Labute approximate surface area is 108 Å². The summed E-state index contributed by atoms with van der Waals surface area (Å²) in [7, 11) is 0. The number of hydrogen-bond donors (Lipinski definition) is 1. The van der Waals surface area contributed by atoms with Crippen LogP contribution in [0.4, 0.5) is 4.39 Å². The summed E-state index contributed by atoms with van der Waals surface area (Å²) in [5.41, 5.74) is 0.806. The molecule has 0 bridgehead atoms. The Hall–Kier alpha value is -0.540. The van der Waals surface area contributed by atoms with E-state index in [2.05, 4.69) is 19.2 Å². The van der Waals surface area contributed by atoms with Gasteiger partial charge in [0.05, 0.1) is 0 Å². The lowest BCUT2D eigenvalue weighted by atomic mass is 10.1. The molecule has 1 aromatic rings. The van der Waals surface area contributed by atoms with Crippen LogP contribution in [0.5, 0.6) is 0 Å². The van der Waals surface area contributed by atoms with Crippen LogP contribution in [0, 0.1) is 11.7 Å². The standard InChI is InChI=1S/C14H22FNS/c1-5-16-11(4)14-12(15)7-6-8-13(14)17-9-10(2)3/h6-8,10-11,16H,5,9H2,1-4H3. The number of hydrogen-bond acceptors (Lipinski definition) is 2.